The smallest absolute Gasteiger partial charge is 0.0443 e. The molecule has 0 fully saturated rings. The molecule has 1 aromatic rings. The number of nitrogens with zero attached hydrogens (tertiary/aromatic N) is 1. The first-order valence-electron chi connectivity index (χ1n) is 8.35. The summed E-state index contributed by atoms with van der Waals surface area (Å²) in [6.07, 6.45) is 12.0. The normalized spacial score (nSPS) is 17.2. The first-order valence-corrected chi connectivity index (χ1v) is 8.35. The maximum absolute atomic E-state index is 2.41. The van der Waals surface area contributed by atoms with Gasteiger partial charge in [0.2, 0.25) is 0 Å². The van der Waals surface area contributed by atoms with Crippen molar-refractivity contribution in [3.63, 3.8) is 0 Å². The number of hydrogen-bond donors (Lipinski definition) is 0. The van der Waals surface area contributed by atoms with Crippen LogP contribution in [0.2, 0.25) is 0 Å². The number of hydrogen-bond acceptors (Lipinski definition) is 1. The number of allylic oxidation sites excluding steroid dienone is 3. The third-order valence-corrected chi connectivity index (χ3v) is 4.50. The topological polar surface area (TPSA) is 3.24 Å². The van der Waals surface area contributed by atoms with E-state index in [0.29, 0.717) is 0 Å². The Morgan fingerprint density at radius 1 is 1.14 bits per heavy atom. The van der Waals surface area contributed by atoms with Crippen LogP contribution in [0.4, 0.5) is 5.69 Å². The van der Waals surface area contributed by atoms with Crippen LogP contribution in [0.5, 0.6) is 0 Å². The van der Waals surface area contributed by atoms with Gasteiger partial charge in [-0.15, -0.1) is 0 Å². The number of anilines is 1. The predicted molar refractivity (Wildman–Crippen MR) is 93.9 cm³/mol. The van der Waals surface area contributed by atoms with E-state index in [9.17, 15) is 0 Å². The van der Waals surface area contributed by atoms with E-state index < -0.39 is 0 Å². The van der Waals surface area contributed by atoms with Crippen LogP contribution in [0.1, 0.15) is 57.1 Å². The molecule has 1 nitrogen and oxygen atoms in total. The van der Waals surface area contributed by atoms with Crippen molar-refractivity contribution in [3.05, 3.63) is 52.7 Å². The molecule has 0 bridgehead atoms. The highest BCUT2D eigenvalue weighted by atomic mass is 15.1. The molecule has 1 heteroatoms. The minimum absolute atomic E-state index is 1.14. The average molecular weight is 283 g/mol. The van der Waals surface area contributed by atoms with Crippen molar-refractivity contribution >= 4 is 5.69 Å². The van der Waals surface area contributed by atoms with Gasteiger partial charge in [-0.05, 0) is 74.8 Å². The monoisotopic (exact) mass is 283 g/mol. The first kappa shape index (κ1) is 15.9. The van der Waals surface area contributed by atoms with Crippen molar-refractivity contribution in [2.45, 2.75) is 59.3 Å². The zero-order valence-electron chi connectivity index (χ0n) is 14.1. The molecule has 0 aromatic heterocycles. The Balaban J connectivity index is 2.55. The van der Waals surface area contributed by atoms with Crippen LogP contribution in [0, 0.1) is 6.92 Å². The van der Waals surface area contributed by atoms with Gasteiger partial charge in [-0.2, -0.15) is 0 Å². The summed E-state index contributed by atoms with van der Waals surface area (Å²) in [6, 6.07) is 6.91. The second-order valence-electron chi connectivity index (χ2n) is 6.09. The highest BCUT2D eigenvalue weighted by Gasteiger charge is 2.15. The molecule has 0 aliphatic carbocycles. The van der Waals surface area contributed by atoms with Gasteiger partial charge in [0.05, 0.1) is 0 Å². The average Bonchev–Trinajstić information content (AvgIpc) is 2.49. The second kappa shape index (κ2) is 7.49. The van der Waals surface area contributed by atoms with E-state index in [-0.39, 0.29) is 0 Å². The number of fused-ring (bicyclic) bond motifs is 1. The standard InChI is InChI=1S/C20H29N/c1-5-10-19-17(6-2)11-8-7-9-12-18-14-13-16(3)15-20(18)21(19)4/h5,10,13-15H,6-9,11-12H2,1-4H3. The van der Waals surface area contributed by atoms with E-state index in [0.717, 1.165) is 6.42 Å². The van der Waals surface area contributed by atoms with Gasteiger partial charge in [0.15, 0.2) is 0 Å². The van der Waals surface area contributed by atoms with Crippen LogP contribution in [-0.4, -0.2) is 7.05 Å². The predicted octanol–water partition coefficient (Wildman–Crippen LogP) is 5.79. The van der Waals surface area contributed by atoms with Gasteiger partial charge in [-0.1, -0.05) is 31.6 Å². The molecule has 114 valence electrons. The minimum atomic E-state index is 1.14. The van der Waals surface area contributed by atoms with Gasteiger partial charge < -0.3 is 4.90 Å². The fourth-order valence-corrected chi connectivity index (χ4v) is 3.27. The van der Waals surface area contributed by atoms with Gasteiger partial charge in [-0.3, -0.25) is 0 Å². The number of rotatable bonds is 2. The zero-order valence-corrected chi connectivity index (χ0v) is 14.1. The van der Waals surface area contributed by atoms with Crippen molar-refractivity contribution < 1.29 is 0 Å². The molecule has 1 heterocycles. The van der Waals surface area contributed by atoms with Crippen molar-refractivity contribution in [1.82, 2.24) is 0 Å². The summed E-state index contributed by atoms with van der Waals surface area (Å²) in [5.74, 6) is 0. The highest BCUT2D eigenvalue weighted by molar-refractivity contribution is 5.61. The molecule has 1 aromatic carbocycles. The van der Waals surface area contributed by atoms with Crippen molar-refractivity contribution in [3.8, 4) is 0 Å². The van der Waals surface area contributed by atoms with Crippen LogP contribution in [0.25, 0.3) is 0 Å². The Labute approximate surface area is 130 Å². The summed E-state index contributed by atoms with van der Waals surface area (Å²) in [7, 11) is 2.23. The molecular weight excluding hydrogens is 254 g/mol. The molecule has 0 unspecified atom stereocenters. The second-order valence-corrected chi connectivity index (χ2v) is 6.09. The molecule has 0 amide bonds. The summed E-state index contributed by atoms with van der Waals surface area (Å²) in [6.45, 7) is 6.59. The Morgan fingerprint density at radius 3 is 2.62 bits per heavy atom. The molecule has 21 heavy (non-hydrogen) atoms. The Kier molecular flexibility index (Phi) is 5.67. The lowest BCUT2D eigenvalue weighted by atomic mass is 9.96. The fourth-order valence-electron chi connectivity index (χ4n) is 3.27. The summed E-state index contributed by atoms with van der Waals surface area (Å²) in [4.78, 5) is 2.41. The minimum Gasteiger partial charge on any atom is -0.344 e. The van der Waals surface area contributed by atoms with Gasteiger partial charge >= 0.3 is 0 Å². The van der Waals surface area contributed by atoms with E-state index in [1.54, 1.807) is 5.57 Å². The number of likely N-dealkylation sites (N-methyl/N-ethyl adjacent to an activating group) is 1. The molecule has 0 radical (unpaired) electrons. The first-order chi connectivity index (χ1) is 10.2. The van der Waals surface area contributed by atoms with Gasteiger partial charge in [0.25, 0.3) is 0 Å². The molecule has 0 saturated heterocycles. The summed E-state index contributed by atoms with van der Waals surface area (Å²) < 4.78 is 0. The molecule has 1 aliphatic heterocycles. The van der Waals surface area contributed by atoms with E-state index in [1.807, 2.05) is 0 Å². The van der Waals surface area contributed by atoms with Crippen molar-refractivity contribution in [2.24, 2.45) is 0 Å². The third-order valence-electron chi connectivity index (χ3n) is 4.50. The molecule has 0 spiro atoms. The number of benzene rings is 1. The van der Waals surface area contributed by atoms with Gasteiger partial charge in [-0.25, -0.2) is 0 Å². The molecule has 2 rings (SSSR count). The lowest BCUT2D eigenvalue weighted by Gasteiger charge is -2.28. The fraction of sp³-hybridized carbons (Fsp3) is 0.500. The van der Waals surface area contributed by atoms with E-state index in [1.165, 1.54) is 54.6 Å². The lowest BCUT2D eigenvalue weighted by molar-refractivity contribution is 0.660. The van der Waals surface area contributed by atoms with Crippen LogP contribution in [0.3, 0.4) is 0 Å². The maximum Gasteiger partial charge on any atom is 0.0443 e. The molecule has 1 aliphatic rings. The Bertz CT molecular complexity index is 537. The van der Waals surface area contributed by atoms with Gasteiger partial charge in [0.1, 0.15) is 0 Å². The maximum atomic E-state index is 2.41. The van der Waals surface area contributed by atoms with E-state index >= 15 is 0 Å². The Hall–Kier alpha value is -1.50. The Morgan fingerprint density at radius 2 is 1.90 bits per heavy atom. The lowest BCUT2D eigenvalue weighted by Crippen LogP contribution is -2.19. The van der Waals surface area contributed by atoms with Crippen LogP contribution < -0.4 is 4.90 Å². The quantitative estimate of drug-likeness (QED) is 0.664. The zero-order chi connectivity index (χ0) is 15.2. The molecule has 0 N–H and O–H groups in total. The largest absolute Gasteiger partial charge is 0.344 e. The van der Waals surface area contributed by atoms with Crippen LogP contribution in [0.15, 0.2) is 41.6 Å². The van der Waals surface area contributed by atoms with Crippen LogP contribution in [-0.2, 0) is 6.42 Å². The summed E-state index contributed by atoms with van der Waals surface area (Å²) in [5, 5.41) is 0. The summed E-state index contributed by atoms with van der Waals surface area (Å²) >= 11 is 0. The highest BCUT2D eigenvalue weighted by Crippen LogP contribution is 2.31. The van der Waals surface area contributed by atoms with Gasteiger partial charge in [0, 0.05) is 18.4 Å². The van der Waals surface area contributed by atoms with Crippen LogP contribution >= 0.6 is 0 Å². The number of aryl methyl sites for hydroxylation is 2. The van der Waals surface area contributed by atoms with Crippen molar-refractivity contribution in [1.29, 1.82) is 0 Å². The molecule has 0 atom stereocenters. The van der Waals surface area contributed by atoms with Crippen molar-refractivity contribution in [2.75, 3.05) is 11.9 Å². The summed E-state index contributed by atoms with van der Waals surface area (Å²) in [5.41, 5.74) is 7.20. The van der Waals surface area contributed by atoms with E-state index in [2.05, 4.69) is 63.1 Å². The molecule has 0 saturated carbocycles. The van der Waals surface area contributed by atoms with E-state index in [4.69, 9.17) is 0 Å². The SMILES string of the molecule is CC=CC1=C(CC)CCCCCc2ccc(C)cc2N1C. The molecular formula is C20H29N. The third kappa shape index (κ3) is 3.78.